The fourth-order valence-corrected chi connectivity index (χ4v) is 3.94. The van der Waals surface area contributed by atoms with Gasteiger partial charge in [0.05, 0.1) is 18.6 Å². The Bertz CT molecular complexity index is 897. The Morgan fingerprint density at radius 2 is 1.96 bits per heavy atom. The zero-order valence-corrected chi connectivity index (χ0v) is 14.5. The summed E-state index contributed by atoms with van der Waals surface area (Å²) in [4.78, 5) is 13.9. The third-order valence-corrected chi connectivity index (χ3v) is 5.09. The lowest BCUT2D eigenvalue weighted by Crippen LogP contribution is -2.26. The van der Waals surface area contributed by atoms with Gasteiger partial charge < -0.3 is 9.64 Å². The van der Waals surface area contributed by atoms with E-state index in [0.717, 1.165) is 11.1 Å². The number of anilines is 1. The predicted octanol–water partition coefficient (Wildman–Crippen LogP) is 3.01. The lowest BCUT2D eigenvalue weighted by molar-refractivity contribution is -0.117. The van der Waals surface area contributed by atoms with Crippen LogP contribution >= 0.6 is 0 Å². The molecular formula is C18H18FNO4S. The van der Waals surface area contributed by atoms with Gasteiger partial charge in [0.25, 0.3) is 0 Å². The first-order valence-corrected chi connectivity index (χ1v) is 9.39. The average Bonchev–Trinajstić information content (AvgIpc) is 2.93. The summed E-state index contributed by atoms with van der Waals surface area (Å²) in [6.45, 7) is 0.183. The van der Waals surface area contributed by atoms with Crippen molar-refractivity contribution in [3.63, 3.8) is 0 Å². The molecule has 1 saturated heterocycles. The van der Waals surface area contributed by atoms with E-state index in [9.17, 15) is 17.1 Å². The van der Waals surface area contributed by atoms with Crippen LogP contribution in [0.4, 0.5) is 9.57 Å². The summed E-state index contributed by atoms with van der Waals surface area (Å²) in [7, 11) is -3.02. The number of carbonyl (C=O) groups is 1. The Morgan fingerprint density at radius 1 is 1.20 bits per heavy atom. The summed E-state index contributed by atoms with van der Waals surface area (Å²) in [6.07, 6.45) is 0.0234. The molecule has 7 heteroatoms. The molecule has 1 atom stereocenters. The number of hydrogen-bond acceptors (Lipinski definition) is 4. The number of methoxy groups -OCH3 is 1. The third kappa shape index (κ3) is 3.99. The zero-order chi connectivity index (χ0) is 18.0. The molecule has 132 valence electrons. The number of para-hydroxylation sites is 1. The molecule has 0 aliphatic carbocycles. The van der Waals surface area contributed by atoms with Crippen LogP contribution in [0, 0.1) is 5.92 Å². The molecule has 1 heterocycles. The molecule has 0 aromatic heterocycles. The number of benzene rings is 2. The van der Waals surface area contributed by atoms with Crippen LogP contribution < -0.4 is 9.64 Å². The van der Waals surface area contributed by atoms with Gasteiger partial charge in [-0.25, -0.2) is 0 Å². The molecule has 1 amide bonds. The van der Waals surface area contributed by atoms with E-state index in [0.29, 0.717) is 11.4 Å². The average molecular weight is 363 g/mol. The quantitative estimate of drug-likeness (QED) is 0.766. The lowest BCUT2D eigenvalue weighted by atomic mass is 10.0. The van der Waals surface area contributed by atoms with Crippen molar-refractivity contribution >= 4 is 21.8 Å². The monoisotopic (exact) mass is 363 g/mol. The van der Waals surface area contributed by atoms with E-state index < -0.39 is 21.9 Å². The van der Waals surface area contributed by atoms with Gasteiger partial charge in [0.15, 0.2) is 0 Å². The van der Waals surface area contributed by atoms with Gasteiger partial charge in [-0.1, -0.05) is 30.3 Å². The van der Waals surface area contributed by atoms with E-state index in [1.165, 1.54) is 4.90 Å². The minimum atomic E-state index is -4.60. The second kappa shape index (κ2) is 6.84. The Morgan fingerprint density at radius 3 is 2.68 bits per heavy atom. The van der Waals surface area contributed by atoms with Crippen LogP contribution in [-0.2, 0) is 15.0 Å². The molecule has 5 nitrogen and oxygen atoms in total. The van der Waals surface area contributed by atoms with Gasteiger partial charge in [-0.15, -0.1) is 3.89 Å². The number of nitrogens with zero attached hydrogens (tertiary/aromatic N) is 1. The highest BCUT2D eigenvalue weighted by Gasteiger charge is 2.34. The van der Waals surface area contributed by atoms with Gasteiger partial charge in [-0.2, -0.15) is 8.42 Å². The summed E-state index contributed by atoms with van der Waals surface area (Å²) in [5.74, 6) is -0.678. The molecular weight excluding hydrogens is 345 g/mol. The highest BCUT2D eigenvalue weighted by atomic mass is 32.3. The van der Waals surface area contributed by atoms with Crippen molar-refractivity contribution in [1.82, 2.24) is 0 Å². The van der Waals surface area contributed by atoms with Crippen molar-refractivity contribution in [1.29, 1.82) is 0 Å². The van der Waals surface area contributed by atoms with E-state index >= 15 is 0 Å². The molecule has 1 unspecified atom stereocenters. The maximum Gasteiger partial charge on any atom is 0.302 e. The maximum atomic E-state index is 13.0. The molecule has 0 saturated carbocycles. The number of hydrogen-bond donors (Lipinski definition) is 0. The smallest absolute Gasteiger partial charge is 0.302 e. The standard InChI is InChI=1S/C18H18FNO4S/c1-24-15-6-4-5-14(10-15)16-7-2-3-8-17(16)20-11-13(9-18(20)21)12-25(19,22)23/h2-8,10,13H,9,11-12H2,1H3. The minimum Gasteiger partial charge on any atom is -0.497 e. The van der Waals surface area contributed by atoms with Crippen molar-refractivity contribution in [2.75, 3.05) is 24.3 Å². The topological polar surface area (TPSA) is 63.7 Å². The summed E-state index contributed by atoms with van der Waals surface area (Å²) < 4.78 is 40.0. The lowest BCUT2D eigenvalue weighted by Gasteiger charge is -2.20. The highest BCUT2D eigenvalue weighted by molar-refractivity contribution is 7.86. The van der Waals surface area contributed by atoms with E-state index in [4.69, 9.17) is 4.74 Å². The van der Waals surface area contributed by atoms with E-state index in [1.54, 1.807) is 13.2 Å². The molecule has 3 rings (SSSR count). The summed E-state index contributed by atoms with van der Waals surface area (Å²) >= 11 is 0. The molecule has 0 radical (unpaired) electrons. The Balaban J connectivity index is 1.94. The van der Waals surface area contributed by atoms with Gasteiger partial charge in [-0.3, -0.25) is 4.79 Å². The number of rotatable bonds is 5. The van der Waals surface area contributed by atoms with E-state index in [-0.39, 0.29) is 18.9 Å². The number of halogens is 1. The normalized spacial score (nSPS) is 17.8. The second-order valence-electron chi connectivity index (χ2n) is 6.03. The molecule has 2 aromatic rings. The summed E-state index contributed by atoms with van der Waals surface area (Å²) in [6, 6.07) is 14.8. The summed E-state index contributed by atoms with van der Waals surface area (Å²) in [5.41, 5.74) is 2.39. The van der Waals surface area contributed by atoms with Crippen LogP contribution in [0.1, 0.15) is 6.42 Å². The second-order valence-corrected chi connectivity index (χ2v) is 7.44. The fourth-order valence-electron chi connectivity index (χ4n) is 3.15. The van der Waals surface area contributed by atoms with Crippen molar-refractivity contribution in [2.45, 2.75) is 6.42 Å². The Kier molecular flexibility index (Phi) is 4.76. The van der Waals surface area contributed by atoms with E-state index in [1.807, 2.05) is 42.5 Å². The Labute approximate surface area is 146 Å². The largest absolute Gasteiger partial charge is 0.497 e. The van der Waals surface area contributed by atoms with Crippen LogP contribution in [0.5, 0.6) is 5.75 Å². The first kappa shape index (κ1) is 17.4. The molecule has 1 fully saturated rings. The molecule has 25 heavy (non-hydrogen) atoms. The summed E-state index contributed by atoms with van der Waals surface area (Å²) in [5, 5.41) is 0. The molecule has 1 aliphatic rings. The fraction of sp³-hybridized carbons (Fsp3) is 0.278. The first-order chi connectivity index (χ1) is 11.9. The maximum absolute atomic E-state index is 13.0. The van der Waals surface area contributed by atoms with Crippen molar-refractivity contribution in [2.24, 2.45) is 5.92 Å². The van der Waals surface area contributed by atoms with Gasteiger partial charge in [-0.05, 0) is 23.8 Å². The number of amides is 1. The van der Waals surface area contributed by atoms with Crippen LogP contribution in [-0.4, -0.2) is 33.7 Å². The van der Waals surface area contributed by atoms with Gasteiger partial charge in [0, 0.05) is 24.4 Å². The van der Waals surface area contributed by atoms with Crippen LogP contribution in [0.25, 0.3) is 11.1 Å². The van der Waals surface area contributed by atoms with Crippen molar-refractivity contribution in [3.05, 3.63) is 48.5 Å². The SMILES string of the molecule is COc1cccc(-c2ccccc2N2CC(CS(=O)(=O)F)CC2=O)c1. The number of ether oxygens (including phenoxy) is 1. The molecule has 1 aliphatic heterocycles. The molecule has 0 spiro atoms. The van der Waals surface area contributed by atoms with Crippen LogP contribution in [0.2, 0.25) is 0 Å². The van der Waals surface area contributed by atoms with Crippen molar-refractivity contribution < 1.29 is 21.8 Å². The third-order valence-electron chi connectivity index (χ3n) is 4.22. The van der Waals surface area contributed by atoms with Crippen molar-refractivity contribution in [3.8, 4) is 16.9 Å². The molecule has 0 bridgehead atoms. The van der Waals surface area contributed by atoms with Crippen LogP contribution in [0.3, 0.4) is 0 Å². The zero-order valence-electron chi connectivity index (χ0n) is 13.7. The van der Waals surface area contributed by atoms with Gasteiger partial charge in [0.1, 0.15) is 5.75 Å². The molecule has 0 N–H and O–H groups in total. The highest BCUT2D eigenvalue weighted by Crippen LogP contribution is 2.36. The Hall–Kier alpha value is -2.41. The van der Waals surface area contributed by atoms with Crippen LogP contribution in [0.15, 0.2) is 48.5 Å². The first-order valence-electron chi connectivity index (χ1n) is 7.83. The molecule has 2 aromatic carbocycles. The van der Waals surface area contributed by atoms with E-state index in [2.05, 4.69) is 0 Å². The minimum absolute atomic E-state index is 0.0234. The van der Waals surface area contributed by atoms with Gasteiger partial charge in [0.2, 0.25) is 5.91 Å². The predicted molar refractivity (Wildman–Crippen MR) is 93.8 cm³/mol. The number of carbonyl (C=O) groups excluding carboxylic acids is 1. The van der Waals surface area contributed by atoms with Gasteiger partial charge >= 0.3 is 10.2 Å².